The molecule has 0 saturated heterocycles. The fraction of sp³-hybridized carbons (Fsp3) is 0.615. The zero-order valence-corrected chi connectivity index (χ0v) is 9.97. The molecule has 0 aromatic rings. The van der Waals surface area contributed by atoms with E-state index in [-0.39, 0.29) is 11.3 Å². The summed E-state index contributed by atoms with van der Waals surface area (Å²) in [4.78, 5) is 11.4. The third-order valence-corrected chi connectivity index (χ3v) is 2.45. The van der Waals surface area contributed by atoms with E-state index >= 15 is 0 Å². The molecule has 1 N–H and O–H groups in total. The molecule has 0 bridgehead atoms. The molecule has 2 heteroatoms. The van der Waals surface area contributed by atoms with E-state index in [0.29, 0.717) is 5.92 Å². The molecule has 1 aliphatic rings. The van der Waals surface area contributed by atoms with Crippen LogP contribution in [0, 0.1) is 11.3 Å². The van der Waals surface area contributed by atoms with E-state index in [2.05, 4.69) is 32.7 Å². The maximum atomic E-state index is 11.4. The second-order valence-electron chi connectivity index (χ2n) is 5.47. The van der Waals surface area contributed by atoms with Gasteiger partial charge in [0.1, 0.15) is 0 Å². The predicted molar refractivity (Wildman–Crippen MR) is 63.5 cm³/mol. The third-order valence-electron chi connectivity index (χ3n) is 2.45. The lowest BCUT2D eigenvalue weighted by molar-refractivity contribution is -0.116. The van der Waals surface area contributed by atoms with Crippen LogP contribution in [0.1, 0.15) is 33.6 Å². The lowest BCUT2D eigenvalue weighted by Gasteiger charge is -2.28. The molecular weight excluding hydrogens is 186 g/mol. The SMILES string of the molecule is C=C1CC(CNC(=O)/C=C\C(C)(C)C)C1. The van der Waals surface area contributed by atoms with Crippen molar-refractivity contribution in [1.82, 2.24) is 5.32 Å². The van der Waals surface area contributed by atoms with Gasteiger partial charge in [0.25, 0.3) is 0 Å². The van der Waals surface area contributed by atoms with E-state index in [4.69, 9.17) is 0 Å². The first-order chi connectivity index (χ1) is 6.87. The van der Waals surface area contributed by atoms with Crippen LogP contribution < -0.4 is 5.32 Å². The molecule has 0 atom stereocenters. The zero-order chi connectivity index (χ0) is 11.5. The van der Waals surface area contributed by atoms with E-state index in [1.54, 1.807) is 6.08 Å². The Morgan fingerprint density at radius 3 is 2.60 bits per heavy atom. The molecule has 0 unspecified atom stereocenters. The minimum absolute atomic E-state index is 0.0161. The highest BCUT2D eigenvalue weighted by atomic mass is 16.1. The minimum Gasteiger partial charge on any atom is -0.352 e. The van der Waals surface area contributed by atoms with Crippen LogP contribution in [0.5, 0.6) is 0 Å². The van der Waals surface area contributed by atoms with Gasteiger partial charge in [0.2, 0.25) is 5.91 Å². The van der Waals surface area contributed by atoms with Crippen molar-refractivity contribution in [2.75, 3.05) is 6.54 Å². The molecule has 0 radical (unpaired) electrons. The first-order valence-electron chi connectivity index (χ1n) is 5.50. The molecule has 1 amide bonds. The summed E-state index contributed by atoms with van der Waals surface area (Å²) in [7, 11) is 0. The van der Waals surface area contributed by atoms with Gasteiger partial charge in [-0.25, -0.2) is 0 Å². The summed E-state index contributed by atoms with van der Waals surface area (Å²) in [6, 6.07) is 0. The van der Waals surface area contributed by atoms with Crippen LogP contribution in [0.3, 0.4) is 0 Å². The van der Waals surface area contributed by atoms with Crippen LogP contribution in [0.2, 0.25) is 0 Å². The number of allylic oxidation sites excluding steroid dienone is 2. The molecule has 0 aromatic carbocycles. The molecule has 1 saturated carbocycles. The van der Waals surface area contributed by atoms with Crippen LogP contribution in [0.15, 0.2) is 24.3 Å². The van der Waals surface area contributed by atoms with Gasteiger partial charge in [-0.15, -0.1) is 0 Å². The standard InChI is InChI=1S/C13H21NO/c1-10-7-11(8-10)9-14-12(15)5-6-13(2,3)4/h5-6,11H,1,7-9H2,2-4H3,(H,14,15)/b6-5-. The van der Waals surface area contributed by atoms with Crippen LogP contribution in [0.4, 0.5) is 0 Å². The van der Waals surface area contributed by atoms with Gasteiger partial charge in [0.05, 0.1) is 0 Å². The van der Waals surface area contributed by atoms with Crippen LogP contribution in [0.25, 0.3) is 0 Å². The summed E-state index contributed by atoms with van der Waals surface area (Å²) >= 11 is 0. The topological polar surface area (TPSA) is 29.1 Å². The number of rotatable bonds is 3. The molecule has 0 aliphatic heterocycles. The Hall–Kier alpha value is -1.05. The molecule has 84 valence electrons. The molecule has 2 nitrogen and oxygen atoms in total. The highest BCUT2D eigenvalue weighted by Gasteiger charge is 2.21. The van der Waals surface area contributed by atoms with Crippen molar-refractivity contribution in [2.24, 2.45) is 11.3 Å². The van der Waals surface area contributed by atoms with Crippen LogP contribution in [-0.2, 0) is 4.79 Å². The molecule has 0 spiro atoms. The Labute approximate surface area is 92.4 Å². The van der Waals surface area contributed by atoms with Crippen molar-refractivity contribution in [3.05, 3.63) is 24.3 Å². The summed E-state index contributed by atoms with van der Waals surface area (Å²) < 4.78 is 0. The van der Waals surface area contributed by atoms with Gasteiger partial charge in [0, 0.05) is 6.54 Å². The van der Waals surface area contributed by atoms with E-state index in [9.17, 15) is 4.79 Å². The monoisotopic (exact) mass is 207 g/mol. The van der Waals surface area contributed by atoms with Crippen molar-refractivity contribution in [3.63, 3.8) is 0 Å². The normalized spacial score (nSPS) is 17.9. The van der Waals surface area contributed by atoms with E-state index < -0.39 is 0 Å². The summed E-state index contributed by atoms with van der Waals surface area (Å²) in [6.45, 7) is 10.9. The van der Waals surface area contributed by atoms with Crippen molar-refractivity contribution in [2.45, 2.75) is 33.6 Å². The van der Waals surface area contributed by atoms with Gasteiger partial charge >= 0.3 is 0 Å². The zero-order valence-electron chi connectivity index (χ0n) is 9.97. The first-order valence-corrected chi connectivity index (χ1v) is 5.50. The number of nitrogens with one attached hydrogen (secondary N) is 1. The molecule has 0 aromatic heterocycles. The largest absolute Gasteiger partial charge is 0.352 e. The maximum absolute atomic E-state index is 11.4. The lowest BCUT2D eigenvalue weighted by Crippen LogP contribution is -2.32. The average Bonchev–Trinajstić information content (AvgIpc) is 2.06. The average molecular weight is 207 g/mol. The number of carbonyl (C=O) groups is 1. The molecule has 1 rings (SSSR count). The summed E-state index contributed by atoms with van der Waals surface area (Å²) in [5.74, 6) is 0.631. The Balaban J connectivity index is 2.19. The van der Waals surface area contributed by atoms with Crippen molar-refractivity contribution in [1.29, 1.82) is 0 Å². The Kier molecular flexibility index (Phi) is 3.72. The molecule has 1 aliphatic carbocycles. The van der Waals surface area contributed by atoms with Crippen LogP contribution in [-0.4, -0.2) is 12.5 Å². The quantitative estimate of drug-likeness (QED) is 0.559. The minimum atomic E-state index is 0.0161. The summed E-state index contributed by atoms with van der Waals surface area (Å²) in [5.41, 5.74) is 1.38. The first kappa shape index (κ1) is 12.0. The lowest BCUT2D eigenvalue weighted by atomic mass is 9.81. The smallest absolute Gasteiger partial charge is 0.243 e. The highest BCUT2D eigenvalue weighted by molar-refractivity contribution is 5.87. The van der Waals surface area contributed by atoms with E-state index in [0.717, 1.165) is 19.4 Å². The van der Waals surface area contributed by atoms with Gasteiger partial charge in [-0.1, -0.05) is 39.0 Å². The molecule has 15 heavy (non-hydrogen) atoms. The van der Waals surface area contributed by atoms with Gasteiger partial charge < -0.3 is 5.32 Å². The Bertz CT molecular complexity index is 275. The Morgan fingerprint density at radius 1 is 1.53 bits per heavy atom. The van der Waals surface area contributed by atoms with Crippen LogP contribution >= 0.6 is 0 Å². The maximum Gasteiger partial charge on any atom is 0.243 e. The molecule has 1 fully saturated rings. The highest BCUT2D eigenvalue weighted by Crippen LogP contribution is 2.30. The number of hydrogen-bond donors (Lipinski definition) is 1. The second kappa shape index (κ2) is 4.65. The van der Waals surface area contributed by atoms with Gasteiger partial charge in [-0.3, -0.25) is 4.79 Å². The third kappa shape index (κ3) is 4.82. The van der Waals surface area contributed by atoms with Crippen molar-refractivity contribution in [3.8, 4) is 0 Å². The van der Waals surface area contributed by atoms with Gasteiger partial charge in [-0.05, 0) is 30.3 Å². The van der Waals surface area contributed by atoms with Crippen molar-refractivity contribution < 1.29 is 4.79 Å². The van der Waals surface area contributed by atoms with Gasteiger partial charge in [-0.2, -0.15) is 0 Å². The fourth-order valence-electron chi connectivity index (χ4n) is 1.53. The van der Waals surface area contributed by atoms with Crippen molar-refractivity contribution >= 4 is 5.91 Å². The summed E-state index contributed by atoms with van der Waals surface area (Å²) in [5, 5.41) is 2.91. The molecule has 0 heterocycles. The summed E-state index contributed by atoms with van der Waals surface area (Å²) in [6.07, 6.45) is 5.71. The number of amides is 1. The Morgan fingerprint density at radius 2 is 2.13 bits per heavy atom. The fourth-order valence-corrected chi connectivity index (χ4v) is 1.53. The number of carbonyl (C=O) groups excluding carboxylic acids is 1. The second-order valence-corrected chi connectivity index (χ2v) is 5.47. The predicted octanol–water partition coefficient (Wildman–Crippen LogP) is 2.67. The van der Waals surface area contributed by atoms with Gasteiger partial charge in [0.15, 0.2) is 0 Å². The van der Waals surface area contributed by atoms with E-state index in [1.165, 1.54) is 5.57 Å². The number of hydrogen-bond acceptors (Lipinski definition) is 1. The van der Waals surface area contributed by atoms with E-state index in [1.807, 2.05) is 6.08 Å². The molecular formula is C13H21NO.